The van der Waals surface area contributed by atoms with Gasteiger partial charge < -0.3 is 5.32 Å². The summed E-state index contributed by atoms with van der Waals surface area (Å²) < 4.78 is 0.543. The van der Waals surface area contributed by atoms with Crippen LogP contribution in [0.4, 0.5) is 11.4 Å². The van der Waals surface area contributed by atoms with Gasteiger partial charge in [0.15, 0.2) is 0 Å². The zero-order valence-electron chi connectivity index (χ0n) is 16.7. The van der Waals surface area contributed by atoms with E-state index in [9.17, 15) is 19.7 Å². The molecule has 1 N–H and O–H groups in total. The number of amides is 2. The lowest BCUT2D eigenvalue weighted by Gasteiger charge is -2.14. The van der Waals surface area contributed by atoms with Gasteiger partial charge in [-0.25, -0.2) is 0 Å². The molecule has 9 heteroatoms. The normalized spacial score (nSPS) is 14.8. The third-order valence-electron chi connectivity index (χ3n) is 4.63. The molecule has 7 nitrogen and oxygen atoms in total. The summed E-state index contributed by atoms with van der Waals surface area (Å²) in [6.45, 7) is 0.503. The molecular formula is C22H21N3O4S2. The van der Waals surface area contributed by atoms with Crippen LogP contribution in [0.5, 0.6) is 0 Å². The number of thiocarbonyl (C=S) groups is 1. The summed E-state index contributed by atoms with van der Waals surface area (Å²) in [7, 11) is 0. The van der Waals surface area contributed by atoms with Crippen molar-refractivity contribution >= 4 is 57.6 Å². The van der Waals surface area contributed by atoms with E-state index in [1.807, 2.05) is 36.4 Å². The Bertz CT molecular complexity index is 1020. The third-order valence-corrected chi connectivity index (χ3v) is 6.01. The van der Waals surface area contributed by atoms with E-state index in [1.54, 1.807) is 17.0 Å². The topological polar surface area (TPSA) is 92.6 Å². The Kier molecular flexibility index (Phi) is 7.91. The first-order valence-corrected chi connectivity index (χ1v) is 11.0. The second kappa shape index (κ2) is 10.8. The van der Waals surface area contributed by atoms with Crippen LogP contribution in [0.1, 0.15) is 31.2 Å². The highest BCUT2D eigenvalue weighted by Gasteiger charge is 2.31. The summed E-state index contributed by atoms with van der Waals surface area (Å²) in [5, 5.41) is 13.6. The number of thioether (sulfide) groups is 1. The van der Waals surface area contributed by atoms with Crippen LogP contribution in [0, 0.1) is 10.1 Å². The number of nitrogens with zero attached hydrogens (tertiary/aromatic N) is 2. The molecule has 1 heterocycles. The summed E-state index contributed by atoms with van der Waals surface area (Å²) in [5.41, 5.74) is 1.02. The van der Waals surface area contributed by atoms with Gasteiger partial charge in [0.2, 0.25) is 5.91 Å². The van der Waals surface area contributed by atoms with Crippen LogP contribution in [0.15, 0.2) is 59.5 Å². The number of nitro benzene ring substituents is 1. The number of carbonyl (C=O) groups is 2. The lowest BCUT2D eigenvalue weighted by molar-refractivity contribution is -0.383. The number of anilines is 1. The van der Waals surface area contributed by atoms with Gasteiger partial charge in [0.05, 0.1) is 9.83 Å². The Labute approximate surface area is 189 Å². The molecule has 2 amide bonds. The van der Waals surface area contributed by atoms with Crippen molar-refractivity contribution < 1.29 is 14.5 Å². The highest BCUT2D eigenvalue weighted by Crippen LogP contribution is 2.32. The van der Waals surface area contributed by atoms with Crippen LogP contribution >= 0.6 is 24.0 Å². The van der Waals surface area contributed by atoms with Gasteiger partial charge in [-0.1, -0.05) is 72.9 Å². The highest BCUT2D eigenvalue weighted by atomic mass is 32.2. The Hall–Kier alpha value is -3.04. The predicted octanol–water partition coefficient (Wildman–Crippen LogP) is 5.00. The summed E-state index contributed by atoms with van der Waals surface area (Å²) in [4.78, 5) is 37.4. The van der Waals surface area contributed by atoms with E-state index in [0.717, 1.165) is 12.0 Å². The van der Waals surface area contributed by atoms with E-state index in [0.29, 0.717) is 28.6 Å². The molecule has 0 saturated carbocycles. The molecule has 0 radical (unpaired) electrons. The van der Waals surface area contributed by atoms with Crippen LogP contribution in [0.25, 0.3) is 6.08 Å². The number of nitrogens with one attached hydrogen (secondary N) is 1. The molecule has 160 valence electrons. The second-order valence-electron chi connectivity index (χ2n) is 6.88. The molecule has 0 atom stereocenters. The predicted molar refractivity (Wildman–Crippen MR) is 127 cm³/mol. The number of hydrogen-bond acceptors (Lipinski definition) is 6. The zero-order chi connectivity index (χ0) is 22.2. The monoisotopic (exact) mass is 455 g/mol. The minimum Gasteiger partial charge on any atom is -0.320 e. The van der Waals surface area contributed by atoms with Crippen molar-refractivity contribution in [2.75, 3.05) is 11.9 Å². The number of rotatable bonds is 9. The molecule has 1 fully saturated rings. The van der Waals surface area contributed by atoms with Crippen LogP contribution in [0.3, 0.4) is 0 Å². The standard InChI is InChI=1S/C22H21N3O4S2/c26-20(23-17-11-6-7-12-18(17)25(28)29)13-5-2-8-14-24-21(27)19(31-22(24)30)15-16-9-3-1-4-10-16/h1,3-4,6-7,9-12,15H,2,5,8,13-14H2,(H,23,26)/b19-15-. The molecule has 2 aromatic carbocycles. The van der Waals surface area contributed by atoms with Crippen molar-refractivity contribution in [1.29, 1.82) is 0 Å². The average molecular weight is 456 g/mol. The number of nitro groups is 1. The molecule has 2 aromatic rings. The van der Waals surface area contributed by atoms with E-state index < -0.39 is 4.92 Å². The van der Waals surface area contributed by atoms with Crippen molar-refractivity contribution in [2.24, 2.45) is 0 Å². The first-order valence-electron chi connectivity index (χ1n) is 9.79. The fraction of sp³-hybridized carbons (Fsp3) is 0.227. The largest absolute Gasteiger partial charge is 0.320 e. The smallest absolute Gasteiger partial charge is 0.292 e. The first-order chi connectivity index (χ1) is 15.0. The summed E-state index contributed by atoms with van der Waals surface area (Å²) >= 11 is 6.64. The Balaban J connectivity index is 1.42. The maximum absolute atomic E-state index is 12.6. The van der Waals surface area contributed by atoms with E-state index in [-0.39, 0.29) is 29.6 Å². The molecule has 0 bridgehead atoms. The fourth-order valence-electron chi connectivity index (χ4n) is 3.08. The first kappa shape index (κ1) is 22.6. The summed E-state index contributed by atoms with van der Waals surface area (Å²) in [6, 6.07) is 15.7. The molecule has 1 saturated heterocycles. The van der Waals surface area contributed by atoms with Crippen LogP contribution in [-0.2, 0) is 9.59 Å². The maximum atomic E-state index is 12.6. The van der Waals surface area contributed by atoms with Crippen molar-refractivity contribution in [3.63, 3.8) is 0 Å². The fourth-order valence-corrected chi connectivity index (χ4v) is 4.39. The van der Waals surface area contributed by atoms with Gasteiger partial charge in [-0.15, -0.1) is 0 Å². The summed E-state index contributed by atoms with van der Waals surface area (Å²) in [5.74, 6) is -0.362. The molecular weight excluding hydrogens is 434 g/mol. The van der Waals surface area contributed by atoms with Gasteiger partial charge in [0, 0.05) is 19.0 Å². The quantitative estimate of drug-likeness (QED) is 0.188. The molecule has 0 aromatic heterocycles. The Morgan fingerprint density at radius 1 is 1.10 bits per heavy atom. The molecule has 1 aliphatic rings. The maximum Gasteiger partial charge on any atom is 0.292 e. The summed E-state index contributed by atoms with van der Waals surface area (Å²) in [6.07, 6.45) is 4.15. The molecule has 31 heavy (non-hydrogen) atoms. The number of carbonyl (C=O) groups excluding carboxylic acids is 2. The average Bonchev–Trinajstić information content (AvgIpc) is 3.01. The Morgan fingerprint density at radius 3 is 2.55 bits per heavy atom. The van der Waals surface area contributed by atoms with Gasteiger partial charge in [-0.05, 0) is 30.5 Å². The van der Waals surface area contributed by atoms with Crippen molar-refractivity contribution in [2.45, 2.75) is 25.7 Å². The molecule has 1 aliphatic heterocycles. The van der Waals surface area contributed by atoms with Gasteiger partial charge >= 0.3 is 0 Å². The number of unbranched alkanes of at least 4 members (excludes halogenated alkanes) is 2. The van der Waals surface area contributed by atoms with Crippen molar-refractivity contribution in [3.05, 3.63) is 75.2 Å². The minimum atomic E-state index is -0.524. The second-order valence-corrected chi connectivity index (χ2v) is 8.55. The van der Waals surface area contributed by atoms with Gasteiger partial charge in [0.1, 0.15) is 10.0 Å². The van der Waals surface area contributed by atoms with E-state index >= 15 is 0 Å². The van der Waals surface area contributed by atoms with Gasteiger partial charge in [0.25, 0.3) is 11.6 Å². The van der Waals surface area contributed by atoms with E-state index in [1.165, 1.54) is 23.9 Å². The van der Waals surface area contributed by atoms with Crippen LogP contribution in [-0.4, -0.2) is 32.5 Å². The third kappa shape index (κ3) is 6.22. The zero-order valence-corrected chi connectivity index (χ0v) is 18.3. The number of para-hydroxylation sites is 2. The molecule has 0 unspecified atom stereocenters. The Morgan fingerprint density at radius 2 is 1.81 bits per heavy atom. The van der Waals surface area contributed by atoms with Crippen LogP contribution < -0.4 is 5.32 Å². The van der Waals surface area contributed by atoms with Crippen molar-refractivity contribution in [1.82, 2.24) is 4.90 Å². The molecule has 0 spiro atoms. The highest BCUT2D eigenvalue weighted by molar-refractivity contribution is 8.26. The molecule has 3 rings (SSSR count). The van der Waals surface area contributed by atoms with Gasteiger partial charge in [-0.2, -0.15) is 0 Å². The lowest BCUT2D eigenvalue weighted by Crippen LogP contribution is -2.29. The lowest BCUT2D eigenvalue weighted by atomic mass is 10.1. The van der Waals surface area contributed by atoms with Gasteiger partial charge in [-0.3, -0.25) is 24.6 Å². The van der Waals surface area contributed by atoms with Crippen molar-refractivity contribution in [3.8, 4) is 0 Å². The number of hydrogen-bond donors (Lipinski definition) is 1. The minimum absolute atomic E-state index is 0.0898. The van der Waals surface area contributed by atoms with E-state index in [2.05, 4.69) is 5.32 Å². The van der Waals surface area contributed by atoms with E-state index in [4.69, 9.17) is 12.2 Å². The van der Waals surface area contributed by atoms with Crippen LogP contribution in [0.2, 0.25) is 0 Å². The SMILES string of the molecule is O=C(CCCCCN1C(=O)/C(=C/c2ccccc2)SC1=S)Nc1ccccc1[N+](=O)[O-]. The molecule has 0 aliphatic carbocycles. The number of benzene rings is 2.